The van der Waals surface area contributed by atoms with Crippen molar-refractivity contribution in [3.05, 3.63) is 88.6 Å². The number of aromatic nitrogens is 3. The quantitative estimate of drug-likeness (QED) is 0.250. The Morgan fingerprint density at radius 2 is 1.68 bits per heavy atom. The van der Waals surface area contributed by atoms with Crippen LogP contribution in [0.1, 0.15) is 51.4 Å². The molecule has 1 aliphatic rings. The van der Waals surface area contributed by atoms with E-state index in [1.165, 1.54) is 47.1 Å². The lowest BCUT2D eigenvalue weighted by Crippen LogP contribution is -2.30. The number of rotatable bonds is 5. The monoisotopic (exact) mass is 556 g/mol. The minimum absolute atomic E-state index is 0.0312. The molecule has 0 radical (unpaired) electrons. The van der Waals surface area contributed by atoms with Gasteiger partial charge in [0.1, 0.15) is 10.5 Å². The summed E-state index contributed by atoms with van der Waals surface area (Å²) in [5.74, 6) is 0.0118. The Hall–Kier alpha value is -3.75. The fourth-order valence-electron chi connectivity index (χ4n) is 4.88. The summed E-state index contributed by atoms with van der Waals surface area (Å²) in [6.07, 6.45) is 5.96. The number of aromatic amines is 1. The summed E-state index contributed by atoms with van der Waals surface area (Å²) in [6.45, 7) is 8.67. The zero-order chi connectivity index (χ0) is 28.3. The molecule has 1 fully saturated rings. The smallest absolute Gasteiger partial charge is 0.308 e. The topological polar surface area (TPSA) is 91.2 Å². The van der Waals surface area contributed by atoms with E-state index < -0.39 is 11.4 Å². The first kappa shape index (κ1) is 27.8. The van der Waals surface area contributed by atoms with Gasteiger partial charge in [-0.3, -0.25) is 14.5 Å². The highest BCUT2D eigenvalue weighted by molar-refractivity contribution is 7.22. The van der Waals surface area contributed by atoms with Gasteiger partial charge in [-0.2, -0.15) is 0 Å². The Morgan fingerprint density at radius 3 is 2.38 bits per heavy atom. The fraction of sp³-hybridized carbons (Fsp3) is 0.344. The lowest BCUT2D eigenvalue weighted by atomic mass is 9.98. The molecule has 0 saturated carbocycles. The van der Waals surface area contributed by atoms with Crippen LogP contribution in [0, 0.1) is 5.41 Å². The number of carboxylic acid groups (broad SMARTS) is 1. The first-order valence-electron chi connectivity index (χ1n) is 13.8. The van der Waals surface area contributed by atoms with Gasteiger partial charge in [0.25, 0.3) is 5.56 Å². The Kier molecular flexibility index (Phi) is 8.19. The van der Waals surface area contributed by atoms with Crippen LogP contribution >= 0.6 is 11.3 Å². The van der Waals surface area contributed by atoms with Gasteiger partial charge in [0.05, 0.1) is 17.5 Å². The van der Waals surface area contributed by atoms with Crippen molar-refractivity contribution in [2.75, 3.05) is 13.1 Å². The number of hydrogen-bond acceptors (Lipinski definition) is 5. The van der Waals surface area contributed by atoms with E-state index in [1.807, 2.05) is 6.07 Å². The van der Waals surface area contributed by atoms with Crippen molar-refractivity contribution < 1.29 is 9.90 Å². The second kappa shape index (κ2) is 11.8. The molecule has 0 atom stereocenters. The number of hydrogen-bond donors (Lipinski definition) is 2. The first-order chi connectivity index (χ1) is 19.2. The Bertz CT molecular complexity index is 1670. The van der Waals surface area contributed by atoms with Crippen LogP contribution in [-0.4, -0.2) is 43.6 Å². The summed E-state index contributed by atoms with van der Waals surface area (Å²) in [7, 11) is 0. The van der Waals surface area contributed by atoms with Crippen LogP contribution in [0.4, 0.5) is 0 Å². The average molecular weight is 557 g/mol. The number of benzene rings is 2. The normalized spacial score (nSPS) is 14.3. The van der Waals surface area contributed by atoms with Gasteiger partial charge in [0, 0.05) is 34.1 Å². The molecular weight excluding hydrogens is 520 g/mol. The van der Waals surface area contributed by atoms with E-state index in [1.54, 1.807) is 20.8 Å². The number of aliphatic carboxylic acids is 1. The number of H-pyrrole nitrogens is 1. The molecule has 0 amide bonds. The van der Waals surface area contributed by atoms with Crippen molar-refractivity contribution in [2.24, 2.45) is 5.41 Å². The van der Waals surface area contributed by atoms with Gasteiger partial charge in [-0.05, 0) is 64.4 Å². The van der Waals surface area contributed by atoms with Crippen LogP contribution in [0.25, 0.3) is 31.6 Å². The number of thiophene rings is 1. The van der Waals surface area contributed by atoms with Crippen LogP contribution in [0.3, 0.4) is 0 Å². The predicted octanol–water partition coefficient (Wildman–Crippen LogP) is 6.76. The summed E-state index contributed by atoms with van der Waals surface area (Å²) in [6, 6.07) is 21.1. The highest BCUT2D eigenvalue weighted by atomic mass is 32.1. The van der Waals surface area contributed by atoms with Gasteiger partial charge >= 0.3 is 5.97 Å². The van der Waals surface area contributed by atoms with Gasteiger partial charge in [-0.1, -0.05) is 55.0 Å². The summed E-state index contributed by atoms with van der Waals surface area (Å²) in [4.78, 5) is 34.3. The van der Waals surface area contributed by atoms with E-state index in [4.69, 9.17) is 10.1 Å². The number of nitrogens with zero attached hydrogens (tertiary/aromatic N) is 3. The van der Waals surface area contributed by atoms with Gasteiger partial charge < -0.3 is 14.7 Å². The van der Waals surface area contributed by atoms with E-state index in [-0.39, 0.29) is 5.56 Å². The fourth-order valence-corrected chi connectivity index (χ4v) is 5.90. The van der Waals surface area contributed by atoms with Gasteiger partial charge in [-0.15, -0.1) is 11.3 Å². The van der Waals surface area contributed by atoms with Crippen LogP contribution in [-0.2, 0) is 17.9 Å². The van der Waals surface area contributed by atoms with E-state index in [0.717, 1.165) is 41.4 Å². The van der Waals surface area contributed by atoms with Gasteiger partial charge in [-0.25, -0.2) is 4.98 Å². The van der Waals surface area contributed by atoms with Crippen LogP contribution in [0.5, 0.6) is 0 Å². The number of carbonyl (C=O) groups is 1. The third-order valence-electron chi connectivity index (χ3n) is 7.15. The number of likely N-dealkylation sites (tertiary alicyclic amines) is 1. The molecule has 5 aromatic rings. The second-order valence-corrected chi connectivity index (χ2v) is 12.5. The Morgan fingerprint density at radius 1 is 1.00 bits per heavy atom. The minimum atomic E-state index is -0.757. The molecule has 7 nitrogen and oxygen atoms in total. The summed E-state index contributed by atoms with van der Waals surface area (Å²) < 4.78 is 3.00. The molecule has 0 bridgehead atoms. The van der Waals surface area contributed by atoms with Crippen LogP contribution in [0.2, 0.25) is 0 Å². The van der Waals surface area contributed by atoms with Crippen molar-refractivity contribution in [1.82, 2.24) is 19.4 Å². The third-order valence-corrected chi connectivity index (χ3v) is 8.30. The van der Waals surface area contributed by atoms with E-state index in [0.29, 0.717) is 11.2 Å². The lowest BCUT2D eigenvalue weighted by molar-refractivity contribution is -0.145. The molecule has 8 heteroatoms. The largest absolute Gasteiger partial charge is 0.481 e. The molecule has 6 rings (SSSR count). The number of carboxylic acids is 1. The highest BCUT2D eigenvalue weighted by Crippen LogP contribution is 2.37. The van der Waals surface area contributed by atoms with Crippen molar-refractivity contribution in [1.29, 1.82) is 0 Å². The van der Waals surface area contributed by atoms with Crippen molar-refractivity contribution in [2.45, 2.75) is 53.1 Å². The minimum Gasteiger partial charge on any atom is -0.481 e. The van der Waals surface area contributed by atoms with E-state index >= 15 is 0 Å². The standard InChI is InChI=1S/C27H26N4OS.C5H10O2/c32-27-26-22(28-25(29-27)18-30-13-7-2-8-14-30)15-24(33-26)21-17-31(16-19-9-3-1-4-10-19)23-12-6-5-11-20(21)23;1-5(2,3)4(6)7/h1,3-6,9-12,15,17H,2,7-8,13-14,16,18H2,(H,28,29,32);1-3H3,(H,6,7). The van der Waals surface area contributed by atoms with Crippen molar-refractivity contribution >= 4 is 38.4 Å². The zero-order valence-corrected chi connectivity index (χ0v) is 24.1. The Labute approximate surface area is 238 Å². The average Bonchev–Trinajstić information content (AvgIpc) is 3.52. The van der Waals surface area contributed by atoms with Crippen LogP contribution < -0.4 is 5.56 Å². The molecule has 40 heavy (non-hydrogen) atoms. The number of para-hydroxylation sites is 1. The highest BCUT2D eigenvalue weighted by Gasteiger charge is 2.19. The SMILES string of the molecule is CC(C)(C)C(=O)O.O=c1[nH]c(CN2CCCCC2)nc2cc(-c3cn(Cc4ccccc4)c4ccccc34)sc12. The van der Waals surface area contributed by atoms with Crippen LogP contribution in [0.15, 0.2) is 71.7 Å². The molecule has 3 aromatic heterocycles. The summed E-state index contributed by atoms with van der Waals surface area (Å²) in [5, 5.41) is 9.45. The first-order valence-corrected chi connectivity index (χ1v) is 14.6. The zero-order valence-electron chi connectivity index (χ0n) is 23.3. The molecule has 0 unspecified atom stereocenters. The maximum Gasteiger partial charge on any atom is 0.308 e. The lowest BCUT2D eigenvalue weighted by Gasteiger charge is -2.25. The Balaban J connectivity index is 0.000000411. The number of fused-ring (bicyclic) bond motifs is 2. The molecule has 0 spiro atoms. The molecule has 4 heterocycles. The molecule has 1 saturated heterocycles. The molecule has 208 valence electrons. The predicted molar refractivity (Wildman–Crippen MR) is 163 cm³/mol. The molecular formula is C32H36N4O3S. The van der Waals surface area contributed by atoms with E-state index in [9.17, 15) is 9.59 Å². The molecule has 0 aliphatic carbocycles. The van der Waals surface area contributed by atoms with Gasteiger partial charge in [0.15, 0.2) is 0 Å². The third kappa shape index (κ3) is 6.35. The van der Waals surface area contributed by atoms with Gasteiger partial charge in [0.2, 0.25) is 0 Å². The molecule has 2 N–H and O–H groups in total. The summed E-state index contributed by atoms with van der Waals surface area (Å²) >= 11 is 1.53. The maximum atomic E-state index is 12.9. The maximum absolute atomic E-state index is 12.9. The van der Waals surface area contributed by atoms with Crippen molar-refractivity contribution in [3.8, 4) is 10.4 Å². The molecule has 2 aromatic carbocycles. The second-order valence-electron chi connectivity index (χ2n) is 11.4. The van der Waals surface area contributed by atoms with Crippen molar-refractivity contribution in [3.63, 3.8) is 0 Å². The number of nitrogens with one attached hydrogen (secondary N) is 1. The number of piperidine rings is 1. The van der Waals surface area contributed by atoms with E-state index in [2.05, 4.69) is 75.2 Å². The molecule has 1 aliphatic heterocycles. The summed E-state index contributed by atoms with van der Waals surface area (Å²) in [5.41, 5.74) is 3.80.